The maximum Gasteiger partial charge on any atom is 0.333 e. The van der Waals surface area contributed by atoms with Crippen LogP contribution in [0.4, 0.5) is 0 Å². The molecule has 0 aromatic heterocycles. The van der Waals surface area contributed by atoms with Gasteiger partial charge in [-0.3, -0.25) is 14.3 Å². The summed E-state index contributed by atoms with van der Waals surface area (Å²) in [6.45, 7) is 7.40. The van der Waals surface area contributed by atoms with E-state index in [-0.39, 0.29) is 12.3 Å². The Hall–Kier alpha value is -1.33. The Kier molecular flexibility index (Phi) is 10.0. The number of nitro groups is 1. The second-order valence-corrected chi connectivity index (χ2v) is 5.76. The van der Waals surface area contributed by atoms with E-state index in [1.54, 1.807) is 6.92 Å². The van der Waals surface area contributed by atoms with Crippen molar-refractivity contribution < 1.29 is 27.7 Å². The van der Waals surface area contributed by atoms with Crippen molar-refractivity contribution in [2.45, 2.75) is 39.4 Å². The molecule has 0 aliphatic rings. The highest BCUT2D eigenvalue weighted by Crippen LogP contribution is 2.12. The smallest absolute Gasteiger partial charge is 0.333 e. The molecule has 0 spiro atoms. The minimum absolute atomic E-state index is 0.0735. The van der Waals surface area contributed by atoms with E-state index >= 15 is 0 Å². The van der Waals surface area contributed by atoms with Gasteiger partial charge in [0, 0.05) is 11.6 Å². The predicted octanol–water partition coefficient (Wildman–Crippen LogP) is 0.431. The minimum Gasteiger partial charge on any atom is -0.366 e. The van der Waals surface area contributed by atoms with Crippen molar-refractivity contribution in [2.75, 3.05) is 6.61 Å². The summed E-state index contributed by atoms with van der Waals surface area (Å²) in [7, 11) is -3.93. The van der Waals surface area contributed by atoms with Crippen LogP contribution in [0.25, 0.3) is 0 Å². The monoisotopic (exact) mass is 326 g/mol. The van der Waals surface area contributed by atoms with Crippen molar-refractivity contribution in [1.82, 2.24) is 0 Å². The van der Waals surface area contributed by atoms with Crippen molar-refractivity contribution in [2.24, 2.45) is 5.14 Å². The van der Waals surface area contributed by atoms with Gasteiger partial charge < -0.3 is 10.2 Å². The van der Waals surface area contributed by atoms with Crippen LogP contribution in [-0.4, -0.2) is 35.9 Å². The van der Waals surface area contributed by atoms with Crippen molar-refractivity contribution in [3.8, 4) is 0 Å². The largest absolute Gasteiger partial charge is 0.366 e. The first-order chi connectivity index (χ1) is 9.28. The van der Waals surface area contributed by atoms with Gasteiger partial charge in [0.25, 0.3) is 5.70 Å². The molecule has 0 aromatic rings. The average molecular weight is 326 g/mol. The van der Waals surface area contributed by atoms with Gasteiger partial charge in [-0.1, -0.05) is 6.58 Å². The lowest BCUT2D eigenvalue weighted by Gasteiger charge is -2.03. The van der Waals surface area contributed by atoms with Gasteiger partial charge in [-0.2, -0.15) is 8.42 Å². The predicted molar refractivity (Wildman–Crippen MR) is 76.7 cm³/mol. The number of allylic oxidation sites excluding steroid dienone is 2. The third-order valence-corrected chi connectivity index (χ3v) is 2.27. The van der Waals surface area contributed by atoms with Crippen LogP contribution in [0.5, 0.6) is 0 Å². The molecule has 9 nitrogen and oxygen atoms in total. The number of aliphatic hydroxyl groups is 2. The molecular weight excluding hydrogens is 304 g/mol. The summed E-state index contributed by atoms with van der Waals surface area (Å²) in [6, 6.07) is 0. The summed E-state index contributed by atoms with van der Waals surface area (Å²) in [4.78, 5) is 9.95. The summed E-state index contributed by atoms with van der Waals surface area (Å²) in [6.07, 6.45) is 1.82. The Morgan fingerprint density at radius 3 is 2.19 bits per heavy atom. The maximum absolute atomic E-state index is 10.5. The van der Waals surface area contributed by atoms with Gasteiger partial charge in [0.05, 0.1) is 11.5 Å². The lowest BCUT2D eigenvalue weighted by molar-refractivity contribution is -0.420. The SMILES string of the molecule is C=C/C(=C(\C)CCCOS(N)(=O)=O)[N+](=O)[O-].CC(C)(O)O. The molecular formula is C11H22N2O7S. The van der Waals surface area contributed by atoms with Gasteiger partial charge in [0.2, 0.25) is 0 Å². The number of hydrogen-bond acceptors (Lipinski definition) is 7. The Balaban J connectivity index is 0. The van der Waals surface area contributed by atoms with Crippen LogP contribution >= 0.6 is 0 Å². The van der Waals surface area contributed by atoms with Crippen LogP contribution in [0.2, 0.25) is 0 Å². The van der Waals surface area contributed by atoms with Crippen LogP contribution in [0.1, 0.15) is 33.6 Å². The second-order valence-electron chi connectivity index (χ2n) is 4.54. The van der Waals surface area contributed by atoms with Crippen molar-refractivity contribution in [3.05, 3.63) is 34.0 Å². The molecule has 124 valence electrons. The topological polar surface area (TPSA) is 153 Å². The van der Waals surface area contributed by atoms with E-state index in [0.717, 1.165) is 6.08 Å². The zero-order chi connectivity index (χ0) is 17.3. The molecule has 0 bridgehead atoms. The molecule has 10 heteroatoms. The lowest BCUT2D eigenvalue weighted by atomic mass is 10.1. The zero-order valence-electron chi connectivity index (χ0n) is 12.3. The van der Waals surface area contributed by atoms with E-state index in [2.05, 4.69) is 15.9 Å². The van der Waals surface area contributed by atoms with Gasteiger partial charge in [0.15, 0.2) is 5.79 Å². The molecule has 21 heavy (non-hydrogen) atoms. The maximum atomic E-state index is 10.5. The Labute approximate surface area is 124 Å². The van der Waals surface area contributed by atoms with Gasteiger partial charge >= 0.3 is 10.3 Å². The summed E-state index contributed by atoms with van der Waals surface area (Å²) < 4.78 is 25.1. The molecule has 0 rings (SSSR count). The molecule has 0 saturated heterocycles. The van der Waals surface area contributed by atoms with Crippen LogP contribution in [0.15, 0.2) is 23.9 Å². The normalized spacial score (nSPS) is 12.9. The molecule has 0 unspecified atom stereocenters. The standard InChI is InChI=1S/C8H14N2O5S.C3H8O2/c1-3-8(10(11)12)7(2)5-4-6-15-16(9,13)14;1-3(2,4)5/h3H,1,4-6H2,2H3,(H2,9,13,14);4-5H,1-2H3/b8-7-;. The van der Waals surface area contributed by atoms with E-state index in [0.29, 0.717) is 18.4 Å². The molecule has 0 aliphatic carbocycles. The molecule has 4 N–H and O–H groups in total. The van der Waals surface area contributed by atoms with E-state index in [9.17, 15) is 18.5 Å². The van der Waals surface area contributed by atoms with Crippen molar-refractivity contribution in [3.63, 3.8) is 0 Å². The first kappa shape index (κ1) is 22.0. The van der Waals surface area contributed by atoms with Crippen LogP contribution in [-0.2, 0) is 14.5 Å². The number of nitrogens with two attached hydrogens (primary N) is 1. The molecule has 0 saturated carbocycles. The van der Waals surface area contributed by atoms with Gasteiger partial charge in [0.1, 0.15) is 0 Å². The summed E-state index contributed by atoms with van der Waals surface area (Å²) in [5.74, 6) is -1.50. The third-order valence-electron chi connectivity index (χ3n) is 1.77. The fourth-order valence-electron chi connectivity index (χ4n) is 1.05. The molecule has 0 aliphatic heterocycles. The lowest BCUT2D eigenvalue weighted by Crippen LogP contribution is -2.16. The number of nitrogens with zero attached hydrogens (tertiary/aromatic N) is 1. The van der Waals surface area contributed by atoms with Crippen LogP contribution in [0.3, 0.4) is 0 Å². The highest BCUT2D eigenvalue weighted by molar-refractivity contribution is 7.84. The summed E-state index contributed by atoms with van der Waals surface area (Å²) >= 11 is 0. The highest BCUT2D eigenvalue weighted by atomic mass is 32.2. The molecule has 0 atom stereocenters. The second kappa shape index (κ2) is 9.58. The first-order valence-electron chi connectivity index (χ1n) is 5.86. The van der Waals surface area contributed by atoms with Crippen LogP contribution in [0, 0.1) is 10.1 Å². The third kappa shape index (κ3) is 18.7. The number of hydrogen-bond donors (Lipinski definition) is 3. The molecule has 0 radical (unpaired) electrons. The average Bonchev–Trinajstić information content (AvgIpc) is 2.21. The van der Waals surface area contributed by atoms with E-state index in [1.807, 2.05) is 0 Å². The Morgan fingerprint density at radius 2 is 1.90 bits per heavy atom. The van der Waals surface area contributed by atoms with E-state index in [1.165, 1.54) is 13.8 Å². The van der Waals surface area contributed by atoms with Crippen molar-refractivity contribution in [1.29, 1.82) is 0 Å². The Morgan fingerprint density at radius 1 is 1.48 bits per heavy atom. The number of rotatable bonds is 7. The van der Waals surface area contributed by atoms with Gasteiger partial charge in [-0.15, -0.1) is 0 Å². The molecule has 0 amide bonds. The van der Waals surface area contributed by atoms with E-state index in [4.69, 9.17) is 10.2 Å². The molecule has 0 fully saturated rings. The first-order valence-corrected chi connectivity index (χ1v) is 7.33. The fraction of sp³-hybridized carbons (Fsp3) is 0.636. The molecule has 0 aromatic carbocycles. The summed E-state index contributed by atoms with van der Waals surface area (Å²) in [5.41, 5.74) is 0.439. The summed E-state index contributed by atoms with van der Waals surface area (Å²) in [5, 5.41) is 31.2. The Bertz CT molecular complexity index is 471. The minimum atomic E-state index is -3.93. The zero-order valence-corrected chi connectivity index (χ0v) is 13.1. The fourth-order valence-corrected chi connectivity index (χ4v) is 1.40. The van der Waals surface area contributed by atoms with E-state index < -0.39 is 21.0 Å². The van der Waals surface area contributed by atoms with Crippen LogP contribution < -0.4 is 5.14 Å². The van der Waals surface area contributed by atoms with Gasteiger partial charge in [-0.05, 0) is 33.6 Å². The highest BCUT2D eigenvalue weighted by Gasteiger charge is 2.10. The van der Waals surface area contributed by atoms with Crippen molar-refractivity contribution >= 4 is 10.3 Å². The van der Waals surface area contributed by atoms with Gasteiger partial charge in [-0.25, -0.2) is 5.14 Å². The quantitative estimate of drug-likeness (QED) is 0.201. The molecule has 0 heterocycles.